The van der Waals surface area contributed by atoms with Crippen LogP contribution in [0.15, 0.2) is 18.2 Å². The Morgan fingerprint density at radius 3 is 2.67 bits per heavy atom. The predicted molar refractivity (Wildman–Crippen MR) is 73.4 cm³/mol. The highest BCUT2D eigenvalue weighted by atomic mass is 16.1. The second-order valence-corrected chi connectivity index (χ2v) is 4.83. The lowest BCUT2D eigenvalue weighted by Crippen LogP contribution is -2.29. The van der Waals surface area contributed by atoms with Crippen molar-refractivity contribution in [3.63, 3.8) is 0 Å². The lowest BCUT2D eigenvalue weighted by atomic mass is 10.1. The minimum Gasteiger partial charge on any atom is -0.398 e. The van der Waals surface area contributed by atoms with Crippen molar-refractivity contribution >= 4 is 11.6 Å². The van der Waals surface area contributed by atoms with Gasteiger partial charge in [0.1, 0.15) is 0 Å². The van der Waals surface area contributed by atoms with E-state index in [0.717, 1.165) is 25.2 Å². The molecule has 0 saturated carbocycles. The molecule has 1 saturated heterocycles. The summed E-state index contributed by atoms with van der Waals surface area (Å²) in [5.41, 5.74) is 8.47. The molecule has 4 heteroatoms. The zero-order chi connectivity index (χ0) is 13.0. The predicted octanol–water partition coefficient (Wildman–Crippen LogP) is 1.61. The number of benzene rings is 1. The molecule has 1 aliphatic rings. The van der Waals surface area contributed by atoms with Gasteiger partial charge in [0, 0.05) is 24.8 Å². The van der Waals surface area contributed by atoms with Crippen molar-refractivity contribution in [2.24, 2.45) is 0 Å². The molecule has 0 spiro atoms. The monoisotopic (exact) mass is 247 g/mol. The van der Waals surface area contributed by atoms with Crippen LogP contribution in [0.25, 0.3) is 0 Å². The van der Waals surface area contributed by atoms with Crippen LogP contribution in [0, 0.1) is 0 Å². The summed E-state index contributed by atoms with van der Waals surface area (Å²) in [6, 6.07) is 5.57. The highest BCUT2D eigenvalue weighted by Crippen LogP contribution is 2.19. The Morgan fingerprint density at radius 1 is 1.33 bits per heavy atom. The molecule has 1 aromatic carbocycles. The summed E-state index contributed by atoms with van der Waals surface area (Å²) in [4.78, 5) is 13.9. The van der Waals surface area contributed by atoms with Gasteiger partial charge in [0.05, 0.1) is 0 Å². The van der Waals surface area contributed by atoms with Gasteiger partial charge < -0.3 is 11.1 Å². The van der Waals surface area contributed by atoms with Gasteiger partial charge in [-0.3, -0.25) is 9.69 Å². The van der Waals surface area contributed by atoms with Crippen LogP contribution in [0.5, 0.6) is 0 Å². The van der Waals surface area contributed by atoms with E-state index >= 15 is 0 Å². The Morgan fingerprint density at radius 2 is 2.06 bits per heavy atom. The molecule has 0 aromatic heterocycles. The van der Waals surface area contributed by atoms with Crippen molar-refractivity contribution in [3.05, 3.63) is 29.3 Å². The quantitative estimate of drug-likeness (QED) is 0.798. The molecule has 0 unspecified atom stereocenters. The molecule has 1 fully saturated rings. The Balaban J connectivity index is 2.07. The zero-order valence-electron chi connectivity index (χ0n) is 10.9. The zero-order valence-corrected chi connectivity index (χ0v) is 10.9. The summed E-state index contributed by atoms with van der Waals surface area (Å²) in [5, 5.41) is 2.60. The van der Waals surface area contributed by atoms with E-state index < -0.39 is 0 Å². The number of likely N-dealkylation sites (tertiary alicyclic amines) is 1. The molecule has 1 aromatic rings. The fourth-order valence-electron chi connectivity index (χ4n) is 2.38. The largest absolute Gasteiger partial charge is 0.398 e. The van der Waals surface area contributed by atoms with E-state index in [9.17, 15) is 4.79 Å². The second kappa shape index (κ2) is 5.87. The number of amides is 1. The number of piperidine rings is 1. The highest BCUT2D eigenvalue weighted by molar-refractivity contribution is 5.95. The van der Waals surface area contributed by atoms with E-state index in [1.165, 1.54) is 19.3 Å². The molecule has 0 radical (unpaired) electrons. The molecule has 18 heavy (non-hydrogen) atoms. The van der Waals surface area contributed by atoms with Crippen molar-refractivity contribution in [1.29, 1.82) is 0 Å². The Labute approximate surface area is 108 Å². The summed E-state index contributed by atoms with van der Waals surface area (Å²) < 4.78 is 0. The molecule has 1 aliphatic heterocycles. The summed E-state index contributed by atoms with van der Waals surface area (Å²) in [5.74, 6) is -0.0915. The number of rotatable bonds is 3. The number of nitrogens with two attached hydrogens (primary N) is 1. The lowest BCUT2D eigenvalue weighted by Gasteiger charge is -2.26. The number of carbonyl (C=O) groups is 1. The maximum atomic E-state index is 11.5. The van der Waals surface area contributed by atoms with Crippen molar-refractivity contribution in [3.8, 4) is 0 Å². The Kier molecular flexibility index (Phi) is 4.20. The van der Waals surface area contributed by atoms with Crippen molar-refractivity contribution in [2.75, 3.05) is 25.9 Å². The van der Waals surface area contributed by atoms with E-state index in [4.69, 9.17) is 5.73 Å². The third-order valence-electron chi connectivity index (χ3n) is 3.48. The fraction of sp³-hybridized carbons (Fsp3) is 0.500. The summed E-state index contributed by atoms with van der Waals surface area (Å²) in [6.07, 6.45) is 3.88. The Bertz CT molecular complexity index is 425. The molecule has 1 heterocycles. The number of anilines is 1. The number of carbonyl (C=O) groups excluding carboxylic acids is 1. The Hall–Kier alpha value is -1.55. The van der Waals surface area contributed by atoms with E-state index in [1.54, 1.807) is 13.1 Å². The van der Waals surface area contributed by atoms with Gasteiger partial charge in [0.15, 0.2) is 0 Å². The number of nitrogens with one attached hydrogen (secondary N) is 1. The van der Waals surface area contributed by atoms with Crippen LogP contribution >= 0.6 is 0 Å². The molecule has 4 nitrogen and oxygen atoms in total. The SMILES string of the molecule is CNC(=O)c1ccc(CN2CCCCC2)c(N)c1. The summed E-state index contributed by atoms with van der Waals surface area (Å²) >= 11 is 0. The third-order valence-corrected chi connectivity index (χ3v) is 3.48. The van der Waals surface area contributed by atoms with Crippen LogP contribution in [-0.4, -0.2) is 30.9 Å². The highest BCUT2D eigenvalue weighted by Gasteiger charge is 2.13. The van der Waals surface area contributed by atoms with E-state index in [2.05, 4.69) is 10.2 Å². The van der Waals surface area contributed by atoms with Gasteiger partial charge in [-0.1, -0.05) is 12.5 Å². The van der Waals surface area contributed by atoms with Crippen LogP contribution < -0.4 is 11.1 Å². The number of hydrogen-bond acceptors (Lipinski definition) is 3. The van der Waals surface area contributed by atoms with Gasteiger partial charge >= 0.3 is 0 Å². The summed E-state index contributed by atoms with van der Waals surface area (Å²) in [6.45, 7) is 3.19. The first-order valence-corrected chi connectivity index (χ1v) is 6.53. The standard InChI is InChI=1S/C14H21N3O/c1-16-14(18)11-5-6-12(13(15)9-11)10-17-7-3-2-4-8-17/h5-6,9H,2-4,7-8,10,15H2,1H3,(H,16,18). The molecular formula is C14H21N3O. The topological polar surface area (TPSA) is 58.4 Å². The van der Waals surface area contributed by atoms with Crippen LogP contribution in [0.1, 0.15) is 35.2 Å². The second-order valence-electron chi connectivity index (χ2n) is 4.83. The van der Waals surface area contributed by atoms with Gasteiger partial charge in [0.2, 0.25) is 0 Å². The maximum absolute atomic E-state index is 11.5. The minimum atomic E-state index is -0.0915. The van der Waals surface area contributed by atoms with E-state index in [1.807, 2.05) is 12.1 Å². The molecule has 2 rings (SSSR count). The van der Waals surface area contributed by atoms with E-state index in [-0.39, 0.29) is 5.91 Å². The first-order chi connectivity index (χ1) is 8.70. The molecule has 0 atom stereocenters. The van der Waals surface area contributed by atoms with Gasteiger partial charge in [0.25, 0.3) is 5.91 Å². The van der Waals surface area contributed by atoms with Gasteiger partial charge in [-0.05, 0) is 43.6 Å². The van der Waals surface area contributed by atoms with Gasteiger partial charge in [-0.25, -0.2) is 0 Å². The first-order valence-electron chi connectivity index (χ1n) is 6.53. The molecular weight excluding hydrogens is 226 g/mol. The maximum Gasteiger partial charge on any atom is 0.251 e. The molecule has 0 bridgehead atoms. The summed E-state index contributed by atoms with van der Waals surface area (Å²) in [7, 11) is 1.63. The molecule has 3 N–H and O–H groups in total. The fourth-order valence-corrected chi connectivity index (χ4v) is 2.38. The van der Waals surface area contributed by atoms with Gasteiger partial charge in [-0.2, -0.15) is 0 Å². The smallest absolute Gasteiger partial charge is 0.251 e. The number of nitrogens with zero attached hydrogens (tertiary/aromatic N) is 1. The average molecular weight is 247 g/mol. The number of nitrogen functional groups attached to an aromatic ring is 1. The van der Waals surface area contributed by atoms with E-state index in [0.29, 0.717) is 11.3 Å². The van der Waals surface area contributed by atoms with Crippen LogP contribution in [-0.2, 0) is 6.54 Å². The van der Waals surface area contributed by atoms with Crippen molar-refractivity contribution in [2.45, 2.75) is 25.8 Å². The van der Waals surface area contributed by atoms with Crippen LogP contribution in [0.2, 0.25) is 0 Å². The molecule has 98 valence electrons. The van der Waals surface area contributed by atoms with Gasteiger partial charge in [-0.15, -0.1) is 0 Å². The average Bonchev–Trinajstić information content (AvgIpc) is 2.41. The van der Waals surface area contributed by atoms with Crippen molar-refractivity contribution in [1.82, 2.24) is 10.2 Å². The molecule has 1 amide bonds. The van der Waals surface area contributed by atoms with Crippen molar-refractivity contribution < 1.29 is 4.79 Å². The van der Waals surface area contributed by atoms with Crippen LogP contribution in [0.3, 0.4) is 0 Å². The normalized spacial score (nSPS) is 16.5. The number of hydrogen-bond donors (Lipinski definition) is 2. The van der Waals surface area contributed by atoms with Crippen LogP contribution in [0.4, 0.5) is 5.69 Å². The lowest BCUT2D eigenvalue weighted by molar-refractivity contribution is 0.0963. The minimum absolute atomic E-state index is 0.0915. The third kappa shape index (κ3) is 3.01. The first kappa shape index (κ1) is 12.9. The molecule has 0 aliphatic carbocycles.